The molecule has 5 heteroatoms. The topological polar surface area (TPSA) is 41.7 Å². The van der Waals surface area contributed by atoms with Crippen molar-refractivity contribution in [2.45, 2.75) is 19.0 Å². The van der Waals surface area contributed by atoms with Gasteiger partial charge in [-0.2, -0.15) is 0 Å². The molecule has 2 N–H and O–H groups in total. The summed E-state index contributed by atoms with van der Waals surface area (Å²) in [5, 5.41) is 0.815. The smallest absolute Gasteiger partial charge is 0.0642 e. The number of rotatable bonds is 3. The van der Waals surface area contributed by atoms with Gasteiger partial charge in [0.1, 0.15) is 0 Å². The second-order valence-corrected chi connectivity index (χ2v) is 5.90. The number of halogens is 1. The Morgan fingerprint density at radius 3 is 2.80 bits per heavy atom. The van der Waals surface area contributed by atoms with Crippen molar-refractivity contribution in [3.8, 4) is 0 Å². The lowest BCUT2D eigenvalue weighted by Crippen LogP contribution is -2.44. The molecule has 3 rings (SSSR count). The Balaban J connectivity index is 1.73. The van der Waals surface area contributed by atoms with Crippen molar-refractivity contribution >= 4 is 17.3 Å². The number of para-hydroxylation sites is 1. The lowest BCUT2D eigenvalue weighted by molar-refractivity contribution is 0.0209. The summed E-state index contributed by atoms with van der Waals surface area (Å²) in [5.74, 6) is 0. The monoisotopic (exact) mass is 295 g/mol. The maximum Gasteiger partial charge on any atom is 0.0642 e. The average molecular weight is 296 g/mol. The first-order chi connectivity index (χ1) is 9.79. The van der Waals surface area contributed by atoms with E-state index in [0.29, 0.717) is 12.6 Å². The van der Waals surface area contributed by atoms with E-state index >= 15 is 0 Å². The van der Waals surface area contributed by atoms with Crippen LogP contribution in [0.1, 0.15) is 12.0 Å². The van der Waals surface area contributed by atoms with Crippen LogP contribution in [-0.2, 0) is 11.3 Å². The van der Waals surface area contributed by atoms with Crippen LogP contribution < -0.4 is 10.6 Å². The molecule has 0 spiro atoms. The number of hydrogen-bond acceptors (Lipinski definition) is 4. The number of hydrogen-bond donors (Lipinski definition) is 1. The van der Waals surface area contributed by atoms with Crippen LogP contribution in [0.5, 0.6) is 0 Å². The molecular formula is C15H22ClN3O. The predicted molar refractivity (Wildman–Crippen MR) is 82.4 cm³/mol. The zero-order valence-electron chi connectivity index (χ0n) is 11.7. The third kappa shape index (κ3) is 2.79. The molecule has 0 amide bonds. The van der Waals surface area contributed by atoms with E-state index in [9.17, 15) is 0 Å². The second kappa shape index (κ2) is 6.31. The molecule has 4 nitrogen and oxygen atoms in total. The van der Waals surface area contributed by atoms with Crippen molar-refractivity contribution in [3.05, 3.63) is 28.8 Å². The zero-order chi connectivity index (χ0) is 13.9. The highest BCUT2D eigenvalue weighted by molar-refractivity contribution is 6.33. The zero-order valence-corrected chi connectivity index (χ0v) is 12.5. The molecule has 2 aliphatic heterocycles. The van der Waals surface area contributed by atoms with Crippen LogP contribution >= 0.6 is 11.6 Å². The summed E-state index contributed by atoms with van der Waals surface area (Å²) in [4.78, 5) is 4.94. The average Bonchev–Trinajstić information content (AvgIpc) is 2.97. The van der Waals surface area contributed by atoms with Crippen LogP contribution in [0.25, 0.3) is 0 Å². The maximum atomic E-state index is 6.39. The highest BCUT2D eigenvalue weighted by atomic mass is 35.5. The molecule has 0 radical (unpaired) electrons. The van der Waals surface area contributed by atoms with E-state index in [2.05, 4.69) is 15.9 Å². The molecule has 0 saturated carbocycles. The van der Waals surface area contributed by atoms with E-state index < -0.39 is 0 Å². The number of benzene rings is 1. The molecule has 20 heavy (non-hydrogen) atoms. The van der Waals surface area contributed by atoms with Crippen molar-refractivity contribution in [3.63, 3.8) is 0 Å². The largest absolute Gasteiger partial charge is 0.379 e. The van der Waals surface area contributed by atoms with Gasteiger partial charge in [0.05, 0.1) is 23.9 Å². The number of morpholine rings is 1. The summed E-state index contributed by atoms with van der Waals surface area (Å²) in [6.45, 7) is 6.44. The lowest BCUT2D eigenvalue weighted by Gasteiger charge is -2.32. The minimum absolute atomic E-state index is 0.536. The summed E-state index contributed by atoms with van der Waals surface area (Å²) in [7, 11) is 0. The molecule has 1 unspecified atom stereocenters. The standard InChI is InChI=1S/C15H22ClN3O/c16-14-3-1-2-12(10-17)15(14)19-5-4-13(11-19)18-6-8-20-9-7-18/h1-3,13H,4-11,17H2. The van der Waals surface area contributed by atoms with Crippen molar-refractivity contribution < 1.29 is 4.74 Å². The molecule has 1 atom stereocenters. The first-order valence-electron chi connectivity index (χ1n) is 7.34. The van der Waals surface area contributed by atoms with E-state index in [1.54, 1.807) is 0 Å². The van der Waals surface area contributed by atoms with Gasteiger partial charge in [-0.3, -0.25) is 4.90 Å². The number of nitrogens with zero attached hydrogens (tertiary/aromatic N) is 2. The van der Waals surface area contributed by atoms with Gasteiger partial charge < -0.3 is 15.4 Å². The Kier molecular flexibility index (Phi) is 4.46. The summed E-state index contributed by atoms with van der Waals surface area (Å²) >= 11 is 6.39. The van der Waals surface area contributed by atoms with Gasteiger partial charge in [-0.25, -0.2) is 0 Å². The van der Waals surface area contributed by atoms with Crippen LogP contribution in [0.15, 0.2) is 18.2 Å². The van der Waals surface area contributed by atoms with Crippen molar-refractivity contribution in [1.82, 2.24) is 4.90 Å². The normalized spacial score (nSPS) is 24.3. The van der Waals surface area contributed by atoms with E-state index in [1.165, 1.54) is 6.42 Å². The molecular weight excluding hydrogens is 274 g/mol. The van der Waals surface area contributed by atoms with Crippen LogP contribution in [0.2, 0.25) is 5.02 Å². The Hall–Kier alpha value is -0.810. The van der Waals surface area contributed by atoms with E-state index in [4.69, 9.17) is 22.1 Å². The highest BCUT2D eigenvalue weighted by Gasteiger charge is 2.30. The van der Waals surface area contributed by atoms with Gasteiger partial charge in [0.15, 0.2) is 0 Å². The van der Waals surface area contributed by atoms with Crippen LogP contribution in [-0.4, -0.2) is 50.3 Å². The van der Waals surface area contributed by atoms with Crippen molar-refractivity contribution in [2.75, 3.05) is 44.3 Å². The third-order valence-corrected chi connectivity index (χ3v) is 4.64. The van der Waals surface area contributed by atoms with E-state index in [0.717, 1.165) is 55.7 Å². The molecule has 2 aliphatic rings. The minimum Gasteiger partial charge on any atom is -0.379 e. The van der Waals surface area contributed by atoms with Gasteiger partial charge in [-0.1, -0.05) is 23.7 Å². The van der Waals surface area contributed by atoms with E-state index in [-0.39, 0.29) is 0 Å². The van der Waals surface area contributed by atoms with Gasteiger partial charge in [-0.15, -0.1) is 0 Å². The fourth-order valence-electron chi connectivity index (χ4n) is 3.26. The number of anilines is 1. The van der Waals surface area contributed by atoms with Gasteiger partial charge >= 0.3 is 0 Å². The molecule has 1 aromatic rings. The highest BCUT2D eigenvalue weighted by Crippen LogP contribution is 2.33. The minimum atomic E-state index is 0.536. The summed E-state index contributed by atoms with van der Waals surface area (Å²) in [6.07, 6.45) is 1.19. The third-order valence-electron chi connectivity index (χ3n) is 4.33. The lowest BCUT2D eigenvalue weighted by atomic mass is 10.1. The van der Waals surface area contributed by atoms with Gasteiger partial charge in [0, 0.05) is 38.8 Å². The molecule has 1 aromatic carbocycles. The Morgan fingerprint density at radius 2 is 2.05 bits per heavy atom. The SMILES string of the molecule is NCc1cccc(Cl)c1N1CCC(N2CCOCC2)C1. The Morgan fingerprint density at radius 1 is 1.25 bits per heavy atom. The van der Waals surface area contributed by atoms with Crippen molar-refractivity contribution in [1.29, 1.82) is 0 Å². The first kappa shape index (κ1) is 14.1. The van der Waals surface area contributed by atoms with Crippen LogP contribution in [0.4, 0.5) is 5.69 Å². The number of ether oxygens (including phenoxy) is 1. The van der Waals surface area contributed by atoms with E-state index in [1.807, 2.05) is 12.1 Å². The quantitative estimate of drug-likeness (QED) is 0.922. The maximum absolute atomic E-state index is 6.39. The molecule has 2 heterocycles. The van der Waals surface area contributed by atoms with Crippen molar-refractivity contribution in [2.24, 2.45) is 5.73 Å². The molecule has 0 bridgehead atoms. The molecule has 0 aliphatic carbocycles. The molecule has 0 aromatic heterocycles. The molecule has 2 saturated heterocycles. The van der Waals surface area contributed by atoms with Crippen LogP contribution in [0.3, 0.4) is 0 Å². The first-order valence-corrected chi connectivity index (χ1v) is 7.71. The molecule has 110 valence electrons. The second-order valence-electron chi connectivity index (χ2n) is 5.49. The predicted octanol–water partition coefficient (Wildman–Crippen LogP) is 1.71. The Labute approximate surface area is 125 Å². The fraction of sp³-hybridized carbons (Fsp3) is 0.600. The summed E-state index contributed by atoms with van der Waals surface area (Å²) in [6, 6.07) is 6.62. The number of nitrogens with two attached hydrogens (primary N) is 1. The van der Waals surface area contributed by atoms with Gasteiger partial charge in [0.25, 0.3) is 0 Å². The van der Waals surface area contributed by atoms with Gasteiger partial charge in [-0.05, 0) is 18.1 Å². The summed E-state index contributed by atoms with van der Waals surface area (Å²) in [5.41, 5.74) is 8.12. The fourth-order valence-corrected chi connectivity index (χ4v) is 3.58. The van der Waals surface area contributed by atoms with Crippen LogP contribution in [0, 0.1) is 0 Å². The molecule has 2 fully saturated rings. The Bertz CT molecular complexity index is 462. The van der Waals surface area contributed by atoms with Gasteiger partial charge in [0.2, 0.25) is 0 Å². The summed E-state index contributed by atoms with van der Waals surface area (Å²) < 4.78 is 5.43.